The van der Waals surface area contributed by atoms with Gasteiger partial charge in [-0.25, -0.2) is 0 Å². The zero-order valence-corrected chi connectivity index (χ0v) is 10.2. The molecule has 0 aliphatic carbocycles. The Balaban J connectivity index is 1.71. The predicted octanol–water partition coefficient (Wildman–Crippen LogP) is -0.0210. The molecule has 2 aliphatic rings. The number of carbonyl (C=O) groups excluding carboxylic acids is 1. The van der Waals surface area contributed by atoms with Gasteiger partial charge in [0.1, 0.15) is 5.82 Å². The summed E-state index contributed by atoms with van der Waals surface area (Å²) < 4.78 is 0. The number of anilines is 1. The lowest BCUT2D eigenvalue weighted by molar-refractivity contribution is 0.0564. The molecule has 3 rings (SSSR count). The summed E-state index contributed by atoms with van der Waals surface area (Å²) in [5.41, 5.74) is 5.85. The van der Waals surface area contributed by atoms with Gasteiger partial charge in [-0.3, -0.25) is 9.69 Å². The Labute approximate surface area is 106 Å². The second-order valence-corrected chi connectivity index (χ2v) is 4.93. The molecule has 1 amide bonds. The molecule has 0 spiro atoms. The maximum absolute atomic E-state index is 12.3. The Morgan fingerprint density at radius 2 is 2.17 bits per heavy atom. The molecule has 2 aliphatic heterocycles. The maximum atomic E-state index is 12.3. The summed E-state index contributed by atoms with van der Waals surface area (Å²) >= 11 is 0. The molecule has 1 aromatic heterocycles. The summed E-state index contributed by atoms with van der Waals surface area (Å²) in [5, 5.41) is 7.59. The van der Waals surface area contributed by atoms with Gasteiger partial charge in [-0.05, 0) is 31.5 Å². The van der Waals surface area contributed by atoms with Gasteiger partial charge < -0.3 is 10.6 Å². The summed E-state index contributed by atoms with van der Waals surface area (Å²) in [6.07, 6.45) is 2.44. The first-order valence-electron chi connectivity index (χ1n) is 6.36. The standard InChI is InChI=1S/C12H17N5O/c13-11-4-3-10(14-15-11)12(18)17-7-6-16-5-1-2-9(16)8-17/h3-4,9H,1-2,5-8H2,(H2,13,15). The van der Waals surface area contributed by atoms with Crippen molar-refractivity contribution in [1.82, 2.24) is 20.0 Å². The van der Waals surface area contributed by atoms with Crippen LogP contribution in [0.1, 0.15) is 23.3 Å². The second-order valence-electron chi connectivity index (χ2n) is 4.93. The molecule has 0 aromatic carbocycles. The van der Waals surface area contributed by atoms with Crippen LogP contribution in [0.5, 0.6) is 0 Å². The quantitative estimate of drug-likeness (QED) is 0.754. The van der Waals surface area contributed by atoms with Crippen LogP contribution in [0.15, 0.2) is 12.1 Å². The van der Waals surface area contributed by atoms with Crippen molar-refractivity contribution in [2.75, 3.05) is 31.9 Å². The fraction of sp³-hybridized carbons (Fsp3) is 0.583. The number of rotatable bonds is 1. The van der Waals surface area contributed by atoms with E-state index in [-0.39, 0.29) is 5.91 Å². The number of carbonyl (C=O) groups is 1. The highest BCUT2D eigenvalue weighted by molar-refractivity contribution is 5.92. The fourth-order valence-corrected chi connectivity index (χ4v) is 2.79. The molecule has 2 N–H and O–H groups in total. The molecule has 2 fully saturated rings. The second kappa shape index (κ2) is 4.53. The SMILES string of the molecule is Nc1ccc(C(=O)N2CCN3CCCC3C2)nn1. The van der Waals surface area contributed by atoms with Crippen LogP contribution in [0, 0.1) is 0 Å². The van der Waals surface area contributed by atoms with Gasteiger partial charge >= 0.3 is 0 Å². The lowest BCUT2D eigenvalue weighted by atomic mass is 10.1. The highest BCUT2D eigenvalue weighted by atomic mass is 16.2. The molecule has 1 unspecified atom stereocenters. The minimum atomic E-state index is -0.0333. The number of hydrogen-bond donors (Lipinski definition) is 1. The molecule has 18 heavy (non-hydrogen) atoms. The highest BCUT2D eigenvalue weighted by Gasteiger charge is 2.33. The van der Waals surface area contributed by atoms with E-state index in [0.717, 1.165) is 19.6 Å². The van der Waals surface area contributed by atoms with E-state index in [1.54, 1.807) is 12.1 Å². The molecule has 0 saturated carbocycles. The number of nitrogens with zero attached hydrogens (tertiary/aromatic N) is 4. The molecule has 1 atom stereocenters. The molecule has 96 valence electrons. The largest absolute Gasteiger partial charge is 0.382 e. The van der Waals surface area contributed by atoms with Crippen LogP contribution in [-0.2, 0) is 0 Å². The smallest absolute Gasteiger partial charge is 0.274 e. The van der Waals surface area contributed by atoms with Crippen LogP contribution >= 0.6 is 0 Å². The normalized spacial score (nSPS) is 24.0. The molecular weight excluding hydrogens is 230 g/mol. The first kappa shape index (κ1) is 11.4. The van der Waals surface area contributed by atoms with Crippen molar-refractivity contribution in [2.45, 2.75) is 18.9 Å². The fourth-order valence-electron chi connectivity index (χ4n) is 2.79. The Bertz CT molecular complexity index is 446. The topological polar surface area (TPSA) is 75.4 Å². The molecule has 1 aromatic rings. The van der Waals surface area contributed by atoms with E-state index >= 15 is 0 Å². The average molecular weight is 247 g/mol. The van der Waals surface area contributed by atoms with Gasteiger partial charge in [0.05, 0.1) is 0 Å². The summed E-state index contributed by atoms with van der Waals surface area (Å²) in [6, 6.07) is 3.79. The Morgan fingerprint density at radius 3 is 2.94 bits per heavy atom. The number of nitrogen functional groups attached to an aromatic ring is 1. The Kier molecular flexibility index (Phi) is 2.87. The number of fused-ring (bicyclic) bond motifs is 1. The summed E-state index contributed by atoms with van der Waals surface area (Å²) in [4.78, 5) is 16.6. The van der Waals surface area contributed by atoms with Crippen LogP contribution in [0.4, 0.5) is 5.82 Å². The van der Waals surface area contributed by atoms with Crippen LogP contribution in [-0.4, -0.2) is 58.1 Å². The molecule has 3 heterocycles. The van der Waals surface area contributed by atoms with Gasteiger partial charge in [-0.1, -0.05) is 0 Å². The Morgan fingerprint density at radius 1 is 1.28 bits per heavy atom. The van der Waals surface area contributed by atoms with Crippen molar-refractivity contribution in [2.24, 2.45) is 0 Å². The van der Waals surface area contributed by atoms with Crippen molar-refractivity contribution in [3.8, 4) is 0 Å². The third-order valence-corrected chi connectivity index (χ3v) is 3.78. The van der Waals surface area contributed by atoms with Gasteiger partial charge in [-0.2, -0.15) is 0 Å². The van der Waals surface area contributed by atoms with Crippen LogP contribution < -0.4 is 5.73 Å². The van der Waals surface area contributed by atoms with Crippen LogP contribution in [0.2, 0.25) is 0 Å². The van der Waals surface area contributed by atoms with Gasteiger partial charge in [-0.15, -0.1) is 10.2 Å². The van der Waals surface area contributed by atoms with Crippen molar-refractivity contribution in [1.29, 1.82) is 0 Å². The van der Waals surface area contributed by atoms with Crippen molar-refractivity contribution in [3.63, 3.8) is 0 Å². The third kappa shape index (κ3) is 2.03. The van der Waals surface area contributed by atoms with E-state index in [9.17, 15) is 4.79 Å². The van der Waals surface area contributed by atoms with Crippen molar-refractivity contribution in [3.05, 3.63) is 17.8 Å². The first-order valence-corrected chi connectivity index (χ1v) is 6.36. The van der Waals surface area contributed by atoms with E-state index in [1.807, 2.05) is 4.90 Å². The molecule has 6 heteroatoms. The van der Waals surface area contributed by atoms with Gasteiger partial charge in [0.25, 0.3) is 5.91 Å². The summed E-state index contributed by atoms with van der Waals surface area (Å²) in [6.45, 7) is 3.74. The third-order valence-electron chi connectivity index (χ3n) is 3.78. The van der Waals surface area contributed by atoms with E-state index in [0.29, 0.717) is 17.6 Å². The lowest BCUT2D eigenvalue weighted by Crippen LogP contribution is -2.52. The van der Waals surface area contributed by atoms with Gasteiger partial charge in [0.2, 0.25) is 0 Å². The number of amides is 1. The number of nitrogens with two attached hydrogens (primary N) is 1. The summed E-state index contributed by atoms with van der Waals surface area (Å²) in [7, 11) is 0. The lowest BCUT2D eigenvalue weighted by Gasteiger charge is -2.37. The van der Waals surface area contributed by atoms with Crippen molar-refractivity contribution < 1.29 is 4.79 Å². The first-order chi connectivity index (χ1) is 8.74. The maximum Gasteiger partial charge on any atom is 0.274 e. The molecule has 6 nitrogen and oxygen atoms in total. The summed E-state index contributed by atoms with van der Waals surface area (Å²) in [5.74, 6) is 0.307. The molecule has 0 bridgehead atoms. The molecule has 2 saturated heterocycles. The monoisotopic (exact) mass is 247 g/mol. The van der Waals surface area contributed by atoms with E-state index in [1.165, 1.54) is 19.4 Å². The van der Waals surface area contributed by atoms with Gasteiger partial charge in [0, 0.05) is 25.7 Å². The predicted molar refractivity (Wildman–Crippen MR) is 66.9 cm³/mol. The zero-order valence-electron chi connectivity index (χ0n) is 10.2. The number of hydrogen-bond acceptors (Lipinski definition) is 5. The number of piperazine rings is 1. The average Bonchev–Trinajstić information content (AvgIpc) is 2.86. The van der Waals surface area contributed by atoms with E-state index in [4.69, 9.17) is 5.73 Å². The minimum Gasteiger partial charge on any atom is -0.382 e. The van der Waals surface area contributed by atoms with E-state index < -0.39 is 0 Å². The van der Waals surface area contributed by atoms with Crippen LogP contribution in [0.25, 0.3) is 0 Å². The number of aromatic nitrogens is 2. The van der Waals surface area contributed by atoms with E-state index in [2.05, 4.69) is 15.1 Å². The zero-order chi connectivity index (χ0) is 12.5. The highest BCUT2D eigenvalue weighted by Crippen LogP contribution is 2.22. The van der Waals surface area contributed by atoms with Gasteiger partial charge in [0.15, 0.2) is 5.69 Å². The van der Waals surface area contributed by atoms with Crippen LogP contribution in [0.3, 0.4) is 0 Å². The molecular formula is C12H17N5O. The van der Waals surface area contributed by atoms with Crippen molar-refractivity contribution >= 4 is 11.7 Å². The minimum absolute atomic E-state index is 0.0333. The molecule has 0 radical (unpaired) electrons. The Hall–Kier alpha value is -1.69.